The van der Waals surface area contributed by atoms with Gasteiger partial charge in [0.05, 0.1) is 12.2 Å². The van der Waals surface area contributed by atoms with Gasteiger partial charge in [-0.15, -0.1) is 0 Å². The van der Waals surface area contributed by atoms with Crippen LogP contribution < -0.4 is 0 Å². The molecule has 3 aliphatic carbocycles. The average molecular weight is 208 g/mol. The fourth-order valence-corrected chi connectivity index (χ4v) is 3.92. The highest BCUT2D eigenvalue weighted by Gasteiger charge is 2.59. The lowest BCUT2D eigenvalue weighted by atomic mass is 9.64. The van der Waals surface area contributed by atoms with Crippen molar-refractivity contribution in [1.29, 1.82) is 0 Å². The maximum absolute atomic E-state index is 11.5. The maximum Gasteiger partial charge on any atom is 0.156 e. The molecule has 0 radical (unpaired) electrons. The van der Waals surface area contributed by atoms with E-state index in [4.69, 9.17) is 0 Å². The summed E-state index contributed by atoms with van der Waals surface area (Å²) in [6, 6.07) is 0. The molecule has 3 rings (SSSR count). The van der Waals surface area contributed by atoms with Crippen LogP contribution in [0, 0.1) is 11.3 Å². The van der Waals surface area contributed by atoms with Gasteiger partial charge in [0.15, 0.2) is 5.78 Å². The van der Waals surface area contributed by atoms with E-state index < -0.39 is 12.2 Å². The largest absolute Gasteiger partial charge is 0.392 e. The Hall–Kier alpha value is -0.670. The first-order valence-electron chi connectivity index (χ1n) is 5.75. The molecule has 1 spiro atoms. The number of rotatable bonds is 0. The lowest BCUT2D eigenvalue weighted by molar-refractivity contribution is -0.118. The van der Waals surface area contributed by atoms with Crippen LogP contribution in [0.2, 0.25) is 0 Å². The van der Waals surface area contributed by atoms with Gasteiger partial charge in [-0.25, -0.2) is 0 Å². The van der Waals surface area contributed by atoms with Gasteiger partial charge in [0.25, 0.3) is 0 Å². The van der Waals surface area contributed by atoms with Crippen molar-refractivity contribution in [2.45, 2.75) is 44.3 Å². The molecule has 15 heavy (non-hydrogen) atoms. The van der Waals surface area contributed by atoms with Crippen LogP contribution in [-0.4, -0.2) is 28.2 Å². The number of carbonyl (C=O) groups excluding carboxylic acids is 1. The van der Waals surface area contributed by atoms with E-state index in [0.717, 1.165) is 31.3 Å². The monoisotopic (exact) mass is 208 g/mol. The summed E-state index contributed by atoms with van der Waals surface area (Å²) in [4.78, 5) is 11.5. The van der Waals surface area contributed by atoms with Gasteiger partial charge < -0.3 is 10.2 Å². The molecule has 82 valence electrons. The molecular weight excluding hydrogens is 192 g/mol. The van der Waals surface area contributed by atoms with Crippen molar-refractivity contribution in [3.8, 4) is 0 Å². The third-order valence-electron chi connectivity index (χ3n) is 4.54. The molecule has 0 amide bonds. The number of ketones is 1. The minimum atomic E-state index is -0.491. The molecule has 0 heterocycles. The van der Waals surface area contributed by atoms with Crippen molar-refractivity contribution in [2.75, 3.05) is 0 Å². The molecule has 0 aromatic carbocycles. The zero-order valence-corrected chi connectivity index (χ0v) is 8.65. The van der Waals surface area contributed by atoms with E-state index in [-0.39, 0.29) is 11.2 Å². The lowest BCUT2D eigenvalue weighted by Gasteiger charge is -2.41. The Morgan fingerprint density at radius 2 is 2.13 bits per heavy atom. The molecule has 0 saturated heterocycles. The van der Waals surface area contributed by atoms with Crippen LogP contribution in [-0.2, 0) is 4.79 Å². The van der Waals surface area contributed by atoms with Gasteiger partial charge in [-0.3, -0.25) is 4.79 Å². The number of hydrogen-bond donors (Lipinski definition) is 2. The number of carbonyl (C=O) groups is 1. The fourth-order valence-electron chi connectivity index (χ4n) is 3.92. The van der Waals surface area contributed by atoms with Crippen LogP contribution in [0.15, 0.2) is 11.6 Å². The second kappa shape index (κ2) is 2.92. The Balaban J connectivity index is 2.09. The van der Waals surface area contributed by atoms with Gasteiger partial charge in [-0.05, 0) is 36.8 Å². The lowest BCUT2D eigenvalue weighted by Crippen LogP contribution is -2.42. The van der Waals surface area contributed by atoms with Crippen molar-refractivity contribution >= 4 is 5.78 Å². The first-order chi connectivity index (χ1) is 7.14. The van der Waals surface area contributed by atoms with Crippen molar-refractivity contribution in [2.24, 2.45) is 11.3 Å². The number of aliphatic hydroxyl groups excluding tert-OH is 2. The number of hydrogen-bond acceptors (Lipinski definition) is 3. The van der Waals surface area contributed by atoms with E-state index in [1.165, 1.54) is 0 Å². The number of allylic oxidation sites excluding steroid dienone is 1. The molecule has 0 aromatic rings. The van der Waals surface area contributed by atoms with Gasteiger partial charge >= 0.3 is 0 Å². The first kappa shape index (κ1) is 9.55. The molecular formula is C12H16O3. The van der Waals surface area contributed by atoms with Crippen molar-refractivity contribution in [3.05, 3.63) is 11.6 Å². The van der Waals surface area contributed by atoms with E-state index in [1.807, 2.05) is 0 Å². The smallest absolute Gasteiger partial charge is 0.156 e. The Kier molecular flexibility index (Phi) is 1.86. The molecule has 3 heteroatoms. The minimum absolute atomic E-state index is 0.0784. The molecule has 4 atom stereocenters. The van der Waals surface area contributed by atoms with Gasteiger partial charge in [0.1, 0.15) is 0 Å². The van der Waals surface area contributed by atoms with Gasteiger partial charge in [0, 0.05) is 11.8 Å². The van der Waals surface area contributed by atoms with Crippen LogP contribution in [0.5, 0.6) is 0 Å². The van der Waals surface area contributed by atoms with Crippen molar-refractivity contribution in [3.63, 3.8) is 0 Å². The van der Waals surface area contributed by atoms with Crippen LogP contribution in [0.25, 0.3) is 0 Å². The summed E-state index contributed by atoms with van der Waals surface area (Å²) in [7, 11) is 0. The standard InChI is InChI=1S/C12H16O3/c13-8-5-9-10(14)4-7-2-1-3-11(15)12(7,9)6-8/h5,7,10-11,14-15H,1-4,6H2/t7-,10+,11+,12-/m0/s1. The van der Waals surface area contributed by atoms with Crippen molar-refractivity contribution < 1.29 is 15.0 Å². The molecule has 0 aliphatic heterocycles. The summed E-state index contributed by atoms with van der Waals surface area (Å²) in [6.07, 6.45) is 4.65. The third-order valence-corrected chi connectivity index (χ3v) is 4.54. The Bertz CT molecular complexity index is 347. The Morgan fingerprint density at radius 1 is 1.33 bits per heavy atom. The highest BCUT2D eigenvalue weighted by molar-refractivity contribution is 5.95. The van der Waals surface area contributed by atoms with Gasteiger partial charge in [-0.2, -0.15) is 0 Å². The van der Waals surface area contributed by atoms with Gasteiger partial charge in [-0.1, -0.05) is 6.42 Å². The fraction of sp³-hybridized carbons (Fsp3) is 0.750. The van der Waals surface area contributed by atoms with E-state index >= 15 is 0 Å². The molecule has 0 aromatic heterocycles. The summed E-state index contributed by atoms with van der Waals surface area (Å²) in [6.45, 7) is 0. The second-order valence-corrected chi connectivity index (χ2v) is 5.18. The minimum Gasteiger partial charge on any atom is -0.392 e. The Labute approximate surface area is 88.8 Å². The molecule has 3 aliphatic rings. The predicted octanol–water partition coefficient (Wildman–Crippen LogP) is 0.798. The topological polar surface area (TPSA) is 57.5 Å². The zero-order chi connectivity index (χ0) is 10.6. The van der Waals surface area contributed by atoms with Crippen LogP contribution in [0.3, 0.4) is 0 Å². The highest BCUT2D eigenvalue weighted by atomic mass is 16.3. The summed E-state index contributed by atoms with van der Waals surface area (Å²) in [5.74, 6) is 0.392. The van der Waals surface area contributed by atoms with Crippen molar-refractivity contribution in [1.82, 2.24) is 0 Å². The summed E-state index contributed by atoms with van der Waals surface area (Å²) < 4.78 is 0. The van der Waals surface area contributed by atoms with E-state index in [2.05, 4.69) is 0 Å². The molecule has 2 saturated carbocycles. The third kappa shape index (κ3) is 1.05. The highest BCUT2D eigenvalue weighted by Crippen LogP contribution is 2.59. The summed E-state index contributed by atoms with van der Waals surface area (Å²) in [5, 5.41) is 20.1. The molecule has 0 bridgehead atoms. The number of aliphatic hydroxyl groups is 2. The molecule has 2 fully saturated rings. The zero-order valence-electron chi connectivity index (χ0n) is 8.65. The molecule has 2 N–H and O–H groups in total. The molecule has 3 nitrogen and oxygen atoms in total. The predicted molar refractivity (Wildman–Crippen MR) is 54.1 cm³/mol. The summed E-state index contributed by atoms with van der Waals surface area (Å²) >= 11 is 0. The van der Waals surface area contributed by atoms with Crippen LogP contribution >= 0.6 is 0 Å². The second-order valence-electron chi connectivity index (χ2n) is 5.18. The normalized spacial score (nSPS) is 48.8. The van der Waals surface area contributed by atoms with E-state index in [9.17, 15) is 15.0 Å². The van der Waals surface area contributed by atoms with Crippen LogP contribution in [0.1, 0.15) is 32.1 Å². The molecule has 0 unspecified atom stereocenters. The van der Waals surface area contributed by atoms with Gasteiger partial charge in [0.2, 0.25) is 0 Å². The summed E-state index contributed by atoms with van der Waals surface area (Å²) in [5.41, 5.74) is 0.444. The maximum atomic E-state index is 11.5. The van der Waals surface area contributed by atoms with E-state index in [1.54, 1.807) is 6.08 Å². The SMILES string of the molecule is O=C1C=C2[C@H](O)C[C@@H]3CCC[C@@H](O)[C@]23C1. The average Bonchev–Trinajstić information content (AvgIpc) is 2.63. The van der Waals surface area contributed by atoms with E-state index in [0.29, 0.717) is 12.3 Å². The van der Waals surface area contributed by atoms with Crippen LogP contribution in [0.4, 0.5) is 0 Å². The quantitative estimate of drug-likeness (QED) is 0.619. The first-order valence-corrected chi connectivity index (χ1v) is 5.75. The Morgan fingerprint density at radius 3 is 2.93 bits per heavy atom.